The molecule has 19 heavy (non-hydrogen) atoms. The minimum absolute atomic E-state index is 0.408. The Labute approximate surface area is 136 Å². The van der Waals surface area contributed by atoms with Gasteiger partial charge in [0, 0.05) is 3.57 Å². The van der Waals surface area contributed by atoms with Gasteiger partial charge in [0.15, 0.2) is 0 Å². The fourth-order valence-corrected chi connectivity index (χ4v) is 2.51. The molecule has 0 aliphatic rings. The molecular formula is C15H9Cl2IN. The first-order valence-corrected chi connectivity index (χ1v) is 7.43. The summed E-state index contributed by atoms with van der Waals surface area (Å²) in [5.74, 6) is 0. The van der Waals surface area contributed by atoms with E-state index in [1.807, 2.05) is 36.4 Å². The molecule has 0 fully saturated rings. The van der Waals surface area contributed by atoms with E-state index in [2.05, 4.69) is 28.7 Å². The highest BCUT2D eigenvalue weighted by Gasteiger charge is 2.21. The number of benzene rings is 2. The van der Waals surface area contributed by atoms with Crippen LogP contribution < -0.4 is 0 Å². The molecule has 0 aliphatic carbocycles. The van der Waals surface area contributed by atoms with Crippen LogP contribution in [0.4, 0.5) is 0 Å². The third-order valence-corrected chi connectivity index (χ3v) is 4.41. The third kappa shape index (κ3) is 3.62. The molecule has 0 N–H and O–H groups in total. The summed E-state index contributed by atoms with van der Waals surface area (Å²) >= 11 is 14.9. The summed E-state index contributed by atoms with van der Waals surface area (Å²) in [6.07, 6.45) is 0. The molecule has 2 aromatic rings. The lowest BCUT2D eigenvalue weighted by Crippen LogP contribution is -2.01. The topological polar surface area (TPSA) is 23.8 Å². The Morgan fingerprint density at radius 1 is 1.05 bits per heavy atom. The second kappa shape index (κ2) is 6.60. The van der Waals surface area contributed by atoms with Gasteiger partial charge < -0.3 is 0 Å². The SMILES string of the molecule is N#Cc1ccc(C(Cl)[C](Cl)c2ccc(I)cc2)cc1. The van der Waals surface area contributed by atoms with Crippen LogP contribution in [0.5, 0.6) is 0 Å². The zero-order chi connectivity index (χ0) is 13.8. The first kappa shape index (κ1) is 14.6. The predicted octanol–water partition coefficient (Wildman–Crippen LogP) is 5.26. The molecule has 4 heteroatoms. The molecule has 1 atom stereocenters. The number of alkyl halides is 1. The minimum atomic E-state index is -0.408. The summed E-state index contributed by atoms with van der Waals surface area (Å²) in [5, 5.41) is 8.94. The fraction of sp³-hybridized carbons (Fsp3) is 0.0667. The van der Waals surface area contributed by atoms with Crippen molar-refractivity contribution in [3.63, 3.8) is 0 Å². The largest absolute Gasteiger partial charge is 0.192 e. The first-order valence-electron chi connectivity index (χ1n) is 5.54. The van der Waals surface area contributed by atoms with Gasteiger partial charge >= 0.3 is 0 Å². The summed E-state index contributed by atoms with van der Waals surface area (Å²) in [4.78, 5) is 0. The molecule has 2 aromatic carbocycles. The molecule has 1 radical (unpaired) electrons. The van der Waals surface area contributed by atoms with Gasteiger partial charge in [-0.1, -0.05) is 24.3 Å². The van der Waals surface area contributed by atoms with E-state index in [1.54, 1.807) is 12.1 Å². The summed E-state index contributed by atoms with van der Waals surface area (Å²) in [6.45, 7) is 0. The van der Waals surface area contributed by atoms with E-state index in [9.17, 15) is 0 Å². The highest BCUT2D eigenvalue weighted by atomic mass is 127. The van der Waals surface area contributed by atoms with Gasteiger partial charge in [-0.15, -0.1) is 23.2 Å². The maximum atomic E-state index is 8.77. The molecule has 0 spiro atoms. The normalized spacial score (nSPS) is 12.2. The minimum Gasteiger partial charge on any atom is -0.192 e. The second-order valence-electron chi connectivity index (χ2n) is 3.95. The van der Waals surface area contributed by atoms with Gasteiger partial charge in [0.1, 0.15) is 5.38 Å². The van der Waals surface area contributed by atoms with E-state index in [1.165, 1.54) is 0 Å². The van der Waals surface area contributed by atoms with E-state index < -0.39 is 5.38 Å². The molecule has 95 valence electrons. The van der Waals surface area contributed by atoms with Gasteiger partial charge in [0.2, 0.25) is 0 Å². The summed E-state index contributed by atoms with van der Waals surface area (Å²) in [7, 11) is 0. The monoisotopic (exact) mass is 400 g/mol. The number of hydrogen-bond acceptors (Lipinski definition) is 1. The highest BCUT2D eigenvalue weighted by Crippen LogP contribution is 2.38. The van der Waals surface area contributed by atoms with E-state index >= 15 is 0 Å². The van der Waals surface area contributed by atoms with Gasteiger partial charge in [0.05, 0.1) is 17.0 Å². The Morgan fingerprint density at radius 2 is 1.63 bits per heavy atom. The number of nitriles is 1. The zero-order valence-electron chi connectivity index (χ0n) is 9.78. The van der Waals surface area contributed by atoms with E-state index in [0.29, 0.717) is 10.9 Å². The van der Waals surface area contributed by atoms with Crippen LogP contribution in [-0.2, 0) is 0 Å². The van der Waals surface area contributed by atoms with Crippen LogP contribution in [0.25, 0.3) is 0 Å². The Hall–Kier alpha value is -0.760. The fourth-order valence-electron chi connectivity index (χ4n) is 1.63. The Balaban J connectivity index is 2.20. The molecule has 0 aromatic heterocycles. The van der Waals surface area contributed by atoms with Crippen LogP contribution >= 0.6 is 45.8 Å². The number of rotatable bonds is 3. The summed E-state index contributed by atoms with van der Waals surface area (Å²) in [6, 6.07) is 17.1. The van der Waals surface area contributed by atoms with Gasteiger partial charge in [-0.2, -0.15) is 5.26 Å². The lowest BCUT2D eigenvalue weighted by molar-refractivity contribution is 1.07. The van der Waals surface area contributed by atoms with E-state index in [4.69, 9.17) is 28.5 Å². The lowest BCUT2D eigenvalue weighted by atomic mass is 10.0. The second-order valence-corrected chi connectivity index (χ2v) is 6.04. The molecule has 2 rings (SSSR count). The predicted molar refractivity (Wildman–Crippen MR) is 87.1 cm³/mol. The molecule has 0 heterocycles. The first-order chi connectivity index (χ1) is 9.11. The summed E-state index contributed by atoms with van der Waals surface area (Å²) in [5.41, 5.74) is 2.40. The smallest absolute Gasteiger partial charge is 0.115 e. The van der Waals surface area contributed by atoms with Crippen molar-refractivity contribution in [3.05, 3.63) is 74.2 Å². The van der Waals surface area contributed by atoms with Gasteiger partial charge in [-0.25, -0.2) is 0 Å². The van der Waals surface area contributed by atoms with Crippen molar-refractivity contribution >= 4 is 45.8 Å². The molecule has 0 saturated heterocycles. The van der Waals surface area contributed by atoms with Gasteiger partial charge in [0.25, 0.3) is 0 Å². The van der Waals surface area contributed by atoms with Crippen LogP contribution in [0.1, 0.15) is 22.1 Å². The number of hydrogen-bond donors (Lipinski definition) is 0. The summed E-state index contributed by atoms with van der Waals surface area (Å²) < 4.78 is 1.15. The van der Waals surface area contributed by atoms with Crippen LogP contribution in [0.3, 0.4) is 0 Å². The third-order valence-electron chi connectivity index (χ3n) is 2.67. The molecule has 0 aliphatic heterocycles. The number of nitrogens with zero attached hydrogens (tertiary/aromatic N) is 1. The molecule has 1 unspecified atom stereocenters. The Kier molecular flexibility index (Phi) is 5.09. The maximum absolute atomic E-state index is 8.77. The molecular weight excluding hydrogens is 392 g/mol. The van der Waals surface area contributed by atoms with Crippen LogP contribution in [-0.4, -0.2) is 0 Å². The van der Waals surface area contributed by atoms with Crippen LogP contribution in [0.2, 0.25) is 0 Å². The number of halogens is 3. The molecule has 1 nitrogen and oxygen atoms in total. The van der Waals surface area contributed by atoms with Crippen molar-refractivity contribution in [1.29, 1.82) is 5.26 Å². The average molecular weight is 401 g/mol. The van der Waals surface area contributed by atoms with E-state index in [-0.39, 0.29) is 0 Å². The Bertz CT molecular complexity index is 587. The van der Waals surface area contributed by atoms with Gasteiger partial charge in [-0.05, 0) is 58.0 Å². The van der Waals surface area contributed by atoms with Crippen LogP contribution in [0, 0.1) is 20.3 Å². The molecule has 0 amide bonds. The van der Waals surface area contributed by atoms with Crippen LogP contribution in [0.15, 0.2) is 48.5 Å². The zero-order valence-corrected chi connectivity index (χ0v) is 13.4. The van der Waals surface area contributed by atoms with Crippen molar-refractivity contribution in [3.8, 4) is 6.07 Å². The molecule has 0 saturated carbocycles. The van der Waals surface area contributed by atoms with Crippen molar-refractivity contribution in [2.24, 2.45) is 0 Å². The standard InChI is InChI=1S/C15H9Cl2IN/c16-14(11-3-1-10(9-19)2-4-11)15(17)12-5-7-13(18)8-6-12/h1-8,14H. The Morgan fingerprint density at radius 3 is 2.16 bits per heavy atom. The quantitative estimate of drug-likeness (QED) is 0.509. The maximum Gasteiger partial charge on any atom is 0.115 e. The average Bonchev–Trinajstić information content (AvgIpc) is 2.46. The lowest BCUT2D eigenvalue weighted by Gasteiger charge is -2.16. The molecule has 0 bridgehead atoms. The van der Waals surface area contributed by atoms with Gasteiger partial charge in [-0.3, -0.25) is 0 Å². The van der Waals surface area contributed by atoms with E-state index in [0.717, 1.165) is 14.7 Å². The van der Waals surface area contributed by atoms with Crippen molar-refractivity contribution < 1.29 is 0 Å². The van der Waals surface area contributed by atoms with Crippen molar-refractivity contribution in [2.75, 3.05) is 0 Å². The highest BCUT2D eigenvalue weighted by molar-refractivity contribution is 14.1. The van der Waals surface area contributed by atoms with Crippen molar-refractivity contribution in [2.45, 2.75) is 5.38 Å². The van der Waals surface area contributed by atoms with Crippen molar-refractivity contribution in [1.82, 2.24) is 0 Å².